The average molecular weight is 254 g/mol. The Labute approximate surface area is 102 Å². The highest BCUT2D eigenvalue weighted by Gasteiger charge is 2.13. The summed E-state index contributed by atoms with van der Waals surface area (Å²) in [5, 5.41) is 3.96. The van der Waals surface area contributed by atoms with E-state index in [4.69, 9.17) is 0 Å². The van der Waals surface area contributed by atoms with Gasteiger partial charge in [0.15, 0.2) is 5.78 Å². The molecule has 0 aliphatic rings. The molecule has 0 aliphatic carbocycles. The number of nitrogens with zero attached hydrogens (tertiary/aromatic N) is 2. The van der Waals surface area contributed by atoms with Crippen LogP contribution in [0.2, 0.25) is 0 Å². The van der Waals surface area contributed by atoms with E-state index in [9.17, 15) is 13.6 Å². The van der Waals surface area contributed by atoms with Gasteiger partial charge in [-0.25, -0.2) is 4.52 Å². The standard InChI is InChI=1S/C12H12F2N2O2/c1-2-3-11(17)9-6-15-16-7-8(18-12(13)14)4-5-10(9)16/h4-7,12H,2-3H2,1H3. The summed E-state index contributed by atoms with van der Waals surface area (Å²) in [4.78, 5) is 11.8. The molecule has 2 aromatic rings. The lowest BCUT2D eigenvalue weighted by Gasteiger charge is -2.04. The fourth-order valence-electron chi connectivity index (χ4n) is 1.71. The van der Waals surface area contributed by atoms with Gasteiger partial charge < -0.3 is 4.74 Å². The monoisotopic (exact) mass is 254 g/mol. The highest BCUT2D eigenvalue weighted by Crippen LogP contribution is 2.19. The first-order valence-electron chi connectivity index (χ1n) is 5.57. The molecule has 0 saturated heterocycles. The topological polar surface area (TPSA) is 43.6 Å². The van der Waals surface area contributed by atoms with Crippen molar-refractivity contribution in [3.8, 4) is 5.75 Å². The highest BCUT2D eigenvalue weighted by atomic mass is 19.3. The molecule has 0 N–H and O–H groups in total. The molecule has 2 heterocycles. The molecule has 0 amide bonds. The van der Waals surface area contributed by atoms with Crippen molar-refractivity contribution in [2.45, 2.75) is 26.4 Å². The van der Waals surface area contributed by atoms with E-state index in [2.05, 4.69) is 9.84 Å². The number of hydrogen-bond acceptors (Lipinski definition) is 3. The van der Waals surface area contributed by atoms with Gasteiger partial charge in [-0.05, 0) is 18.6 Å². The van der Waals surface area contributed by atoms with Gasteiger partial charge in [0.1, 0.15) is 5.75 Å². The van der Waals surface area contributed by atoms with Crippen molar-refractivity contribution in [2.75, 3.05) is 0 Å². The number of aromatic nitrogens is 2. The number of carbonyl (C=O) groups excluding carboxylic acids is 1. The summed E-state index contributed by atoms with van der Waals surface area (Å²) in [5.74, 6) is 0.00474. The molecule has 0 saturated carbocycles. The number of Topliss-reactive ketones (excluding diaryl/α,β-unsaturated/α-hetero) is 1. The molecule has 96 valence electrons. The van der Waals surface area contributed by atoms with E-state index in [1.165, 1.54) is 23.0 Å². The van der Waals surface area contributed by atoms with E-state index in [0.29, 0.717) is 17.5 Å². The molecule has 2 aromatic heterocycles. The van der Waals surface area contributed by atoms with Crippen LogP contribution in [0.1, 0.15) is 30.1 Å². The molecule has 0 aliphatic heterocycles. The molecule has 0 bridgehead atoms. The van der Waals surface area contributed by atoms with E-state index < -0.39 is 6.61 Å². The zero-order chi connectivity index (χ0) is 13.1. The van der Waals surface area contributed by atoms with Crippen LogP contribution in [0.5, 0.6) is 5.75 Å². The van der Waals surface area contributed by atoms with Crippen LogP contribution in [0, 0.1) is 0 Å². The number of rotatable bonds is 5. The summed E-state index contributed by atoms with van der Waals surface area (Å²) in [5.41, 5.74) is 1.09. The first-order valence-corrected chi connectivity index (χ1v) is 5.57. The van der Waals surface area contributed by atoms with Crippen LogP contribution < -0.4 is 4.74 Å². The Balaban J connectivity index is 2.34. The van der Waals surface area contributed by atoms with E-state index in [1.807, 2.05) is 6.92 Å². The summed E-state index contributed by atoms with van der Waals surface area (Å²) in [7, 11) is 0. The molecule has 2 rings (SSSR count). The lowest BCUT2D eigenvalue weighted by molar-refractivity contribution is -0.0501. The number of fused-ring (bicyclic) bond motifs is 1. The van der Waals surface area contributed by atoms with E-state index >= 15 is 0 Å². The van der Waals surface area contributed by atoms with Gasteiger partial charge in [-0.3, -0.25) is 4.79 Å². The Morgan fingerprint density at radius 3 is 2.94 bits per heavy atom. The third-order valence-electron chi connectivity index (χ3n) is 2.49. The van der Waals surface area contributed by atoms with Crippen LogP contribution in [0.15, 0.2) is 24.5 Å². The van der Waals surface area contributed by atoms with Gasteiger partial charge in [0.2, 0.25) is 0 Å². The fourth-order valence-corrected chi connectivity index (χ4v) is 1.71. The van der Waals surface area contributed by atoms with Crippen molar-refractivity contribution in [3.63, 3.8) is 0 Å². The third kappa shape index (κ3) is 2.47. The van der Waals surface area contributed by atoms with E-state index in [0.717, 1.165) is 6.42 Å². The van der Waals surface area contributed by atoms with Crippen molar-refractivity contribution >= 4 is 11.3 Å². The minimum atomic E-state index is -2.88. The van der Waals surface area contributed by atoms with E-state index in [1.54, 1.807) is 6.07 Å². The SMILES string of the molecule is CCCC(=O)c1cnn2cc(OC(F)F)ccc12. The minimum Gasteiger partial charge on any atom is -0.433 e. The number of ether oxygens (including phenoxy) is 1. The third-order valence-corrected chi connectivity index (χ3v) is 2.49. The Bertz CT molecular complexity index is 566. The second kappa shape index (κ2) is 5.12. The van der Waals surface area contributed by atoms with Crippen LogP contribution in [-0.2, 0) is 0 Å². The van der Waals surface area contributed by atoms with Crippen molar-refractivity contribution in [1.82, 2.24) is 9.61 Å². The van der Waals surface area contributed by atoms with Crippen molar-refractivity contribution in [2.24, 2.45) is 0 Å². The van der Waals surface area contributed by atoms with Gasteiger partial charge in [-0.2, -0.15) is 13.9 Å². The number of ketones is 1. The second-order valence-electron chi connectivity index (χ2n) is 3.80. The van der Waals surface area contributed by atoms with Gasteiger partial charge in [-0.1, -0.05) is 6.92 Å². The van der Waals surface area contributed by atoms with Crippen molar-refractivity contribution < 1.29 is 18.3 Å². The lowest BCUT2D eigenvalue weighted by Crippen LogP contribution is -2.03. The van der Waals surface area contributed by atoms with Gasteiger partial charge in [0.05, 0.1) is 23.5 Å². The summed E-state index contributed by atoms with van der Waals surface area (Å²) >= 11 is 0. The maximum absolute atomic E-state index is 12.0. The lowest BCUT2D eigenvalue weighted by atomic mass is 10.1. The Morgan fingerprint density at radius 2 is 2.28 bits per heavy atom. The summed E-state index contributed by atoms with van der Waals surface area (Å²) in [6.07, 6.45) is 3.96. The Morgan fingerprint density at radius 1 is 1.50 bits per heavy atom. The molecule has 0 fully saturated rings. The van der Waals surface area contributed by atoms with Gasteiger partial charge >= 0.3 is 6.61 Å². The van der Waals surface area contributed by atoms with Gasteiger partial charge in [0, 0.05) is 6.42 Å². The first-order chi connectivity index (χ1) is 8.61. The van der Waals surface area contributed by atoms with Gasteiger partial charge in [0.25, 0.3) is 0 Å². The zero-order valence-corrected chi connectivity index (χ0v) is 9.77. The normalized spacial score (nSPS) is 11.1. The van der Waals surface area contributed by atoms with Crippen LogP contribution in [0.3, 0.4) is 0 Å². The molecule has 0 aromatic carbocycles. The molecular formula is C12H12F2N2O2. The largest absolute Gasteiger partial charge is 0.433 e. The molecule has 4 nitrogen and oxygen atoms in total. The number of hydrogen-bond donors (Lipinski definition) is 0. The smallest absolute Gasteiger partial charge is 0.387 e. The maximum Gasteiger partial charge on any atom is 0.387 e. The number of alkyl halides is 2. The predicted octanol–water partition coefficient (Wildman–Crippen LogP) is 2.92. The molecule has 0 unspecified atom stereocenters. The van der Waals surface area contributed by atoms with Crippen molar-refractivity contribution in [3.05, 3.63) is 30.1 Å². The molecule has 6 heteroatoms. The summed E-state index contributed by atoms with van der Waals surface area (Å²) < 4.78 is 29.7. The van der Waals surface area contributed by atoms with E-state index in [-0.39, 0.29) is 11.5 Å². The van der Waals surface area contributed by atoms with Crippen molar-refractivity contribution in [1.29, 1.82) is 0 Å². The summed E-state index contributed by atoms with van der Waals surface area (Å²) in [6.45, 7) is -0.961. The molecule has 0 atom stereocenters. The Kier molecular flexibility index (Phi) is 3.55. The first kappa shape index (κ1) is 12.5. The quantitative estimate of drug-likeness (QED) is 0.770. The fraction of sp³-hybridized carbons (Fsp3) is 0.333. The molecule has 0 spiro atoms. The highest BCUT2D eigenvalue weighted by molar-refractivity contribution is 6.02. The zero-order valence-electron chi connectivity index (χ0n) is 9.77. The minimum absolute atomic E-state index is 0.00460. The van der Waals surface area contributed by atoms with Crippen LogP contribution in [0.4, 0.5) is 8.78 Å². The summed E-state index contributed by atoms with van der Waals surface area (Å²) in [6, 6.07) is 2.94. The maximum atomic E-state index is 12.0. The number of carbonyl (C=O) groups is 1. The van der Waals surface area contributed by atoms with Crippen LogP contribution in [0.25, 0.3) is 5.52 Å². The Hall–Kier alpha value is -1.98. The average Bonchev–Trinajstić information content (AvgIpc) is 2.71. The van der Waals surface area contributed by atoms with Crippen LogP contribution in [-0.4, -0.2) is 22.0 Å². The van der Waals surface area contributed by atoms with Crippen LogP contribution >= 0.6 is 0 Å². The molecule has 18 heavy (non-hydrogen) atoms. The molecular weight excluding hydrogens is 242 g/mol. The number of halogens is 2. The molecule has 0 radical (unpaired) electrons. The number of pyridine rings is 1. The predicted molar refractivity (Wildman–Crippen MR) is 61.1 cm³/mol. The second-order valence-corrected chi connectivity index (χ2v) is 3.80. The van der Waals surface area contributed by atoms with Gasteiger partial charge in [-0.15, -0.1) is 0 Å².